The molecule has 1 atom stereocenters. The maximum atomic E-state index is 12.3. The molecular formula is C14H17N3O2. The van der Waals surface area contributed by atoms with Crippen molar-refractivity contribution in [3.05, 3.63) is 24.5 Å². The molecular weight excluding hydrogens is 242 g/mol. The predicted molar refractivity (Wildman–Crippen MR) is 70.4 cm³/mol. The number of pyridine rings is 1. The number of nitrogens with one attached hydrogen (secondary N) is 1. The van der Waals surface area contributed by atoms with Crippen molar-refractivity contribution < 1.29 is 9.59 Å². The topological polar surface area (TPSA) is 62.3 Å². The molecule has 0 radical (unpaired) electrons. The van der Waals surface area contributed by atoms with Crippen LogP contribution in [0.2, 0.25) is 0 Å². The summed E-state index contributed by atoms with van der Waals surface area (Å²) in [4.78, 5) is 29.8. The molecule has 2 fully saturated rings. The summed E-state index contributed by atoms with van der Waals surface area (Å²) in [7, 11) is 0. The van der Waals surface area contributed by atoms with Gasteiger partial charge in [0.25, 0.3) is 5.91 Å². The Kier molecular flexibility index (Phi) is 3.19. The third-order valence-corrected chi connectivity index (χ3v) is 3.88. The third-order valence-electron chi connectivity index (χ3n) is 3.88. The number of rotatable bonds is 3. The van der Waals surface area contributed by atoms with Gasteiger partial charge in [0.2, 0.25) is 5.91 Å². The molecule has 0 aromatic carbocycles. The van der Waals surface area contributed by atoms with E-state index in [2.05, 4.69) is 10.3 Å². The molecule has 1 saturated carbocycles. The number of aromatic nitrogens is 1. The monoisotopic (exact) mass is 259 g/mol. The first-order valence-electron chi connectivity index (χ1n) is 6.78. The van der Waals surface area contributed by atoms with Crippen LogP contribution in [0.15, 0.2) is 24.5 Å². The molecule has 0 spiro atoms. The molecule has 5 nitrogen and oxygen atoms in total. The molecule has 1 aromatic rings. The minimum absolute atomic E-state index is 0.0432. The Hall–Kier alpha value is -1.91. The largest absolute Gasteiger partial charge is 0.372 e. The SMILES string of the molecule is O=C1CC(Nc2cccnc2)C(=O)N1C1CCCC1. The lowest BCUT2D eigenvalue weighted by Gasteiger charge is -2.22. The summed E-state index contributed by atoms with van der Waals surface area (Å²) < 4.78 is 0. The highest BCUT2D eigenvalue weighted by molar-refractivity contribution is 6.07. The van der Waals surface area contributed by atoms with E-state index in [0.717, 1.165) is 31.4 Å². The van der Waals surface area contributed by atoms with E-state index in [-0.39, 0.29) is 24.3 Å². The van der Waals surface area contributed by atoms with Crippen molar-refractivity contribution in [2.45, 2.75) is 44.2 Å². The van der Waals surface area contributed by atoms with Gasteiger partial charge in [-0.05, 0) is 25.0 Å². The van der Waals surface area contributed by atoms with Gasteiger partial charge in [0.05, 0.1) is 12.1 Å². The molecule has 3 rings (SSSR count). The molecule has 1 aliphatic heterocycles. The van der Waals surface area contributed by atoms with Crippen LogP contribution < -0.4 is 5.32 Å². The van der Waals surface area contributed by atoms with Crippen LogP contribution in [0.1, 0.15) is 32.1 Å². The fourth-order valence-corrected chi connectivity index (χ4v) is 2.96. The van der Waals surface area contributed by atoms with E-state index in [1.807, 2.05) is 6.07 Å². The van der Waals surface area contributed by atoms with Gasteiger partial charge in [0.1, 0.15) is 6.04 Å². The van der Waals surface area contributed by atoms with E-state index in [1.54, 1.807) is 18.5 Å². The average molecular weight is 259 g/mol. The summed E-state index contributed by atoms with van der Waals surface area (Å²) in [5, 5.41) is 3.10. The standard InChI is InChI=1S/C14H17N3O2/c18-13-8-12(16-10-4-3-7-15-9-10)14(19)17(13)11-5-1-2-6-11/h3-4,7,9,11-12,16H,1-2,5-6,8H2. The van der Waals surface area contributed by atoms with Gasteiger partial charge < -0.3 is 5.32 Å². The van der Waals surface area contributed by atoms with E-state index in [9.17, 15) is 9.59 Å². The van der Waals surface area contributed by atoms with Gasteiger partial charge in [-0.25, -0.2) is 0 Å². The van der Waals surface area contributed by atoms with Gasteiger partial charge >= 0.3 is 0 Å². The number of hydrogen-bond acceptors (Lipinski definition) is 4. The van der Waals surface area contributed by atoms with E-state index < -0.39 is 6.04 Å². The van der Waals surface area contributed by atoms with E-state index in [1.165, 1.54) is 4.90 Å². The Labute approximate surface area is 112 Å². The Bertz CT molecular complexity index is 483. The van der Waals surface area contributed by atoms with Crippen LogP contribution in [-0.4, -0.2) is 33.8 Å². The van der Waals surface area contributed by atoms with Crippen molar-refractivity contribution in [2.75, 3.05) is 5.32 Å². The number of anilines is 1. The van der Waals surface area contributed by atoms with Crippen LogP contribution in [0.5, 0.6) is 0 Å². The lowest BCUT2D eigenvalue weighted by molar-refractivity contribution is -0.141. The molecule has 0 bridgehead atoms. The van der Waals surface area contributed by atoms with Gasteiger partial charge in [0.15, 0.2) is 0 Å². The highest BCUT2D eigenvalue weighted by atomic mass is 16.2. The molecule has 2 aliphatic rings. The van der Waals surface area contributed by atoms with Crippen LogP contribution in [0.25, 0.3) is 0 Å². The van der Waals surface area contributed by atoms with E-state index in [0.29, 0.717) is 0 Å². The maximum Gasteiger partial charge on any atom is 0.252 e. The Morgan fingerprint density at radius 3 is 2.74 bits per heavy atom. The number of amides is 2. The Morgan fingerprint density at radius 1 is 1.26 bits per heavy atom. The van der Waals surface area contributed by atoms with Gasteiger partial charge in [0, 0.05) is 18.4 Å². The maximum absolute atomic E-state index is 12.3. The van der Waals surface area contributed by atoms with Crippen molar-refractivity contribution in [3.8, 4) is 0 Å². The molecule has 2 heterocycles. The third kappa shape index (κ3) is 2.32. The molecule has 19 heavy (non-hydrogen) atoms. The molecule has 5 heteroatoms. The van der Waals surface area contributed by atoms with Gasteiger partial charge in [-0.2, -0.15) is 0 Å². The summed E-state index contributed by atoms with van der Waals surface area (Å²) in [6.45, 7) is 0. The quantitative estimate of drug-likeness (QED) is 0.837. The first-order chi connectivity index (χ1) is 9.25. The van der Waals surface area contributed by atoms with Gasteiger partial charge in [-0.3, -0.25) is 19.5 Å². The van der Waals surface area contributed by atoms with E-state index in [4.69, 9.17) is 0 Å². The van der Waals surface area contributed by atoms with Crippen LogP contribution in [0.4, 0.5) is 5.69 Å². The number of imide groups is 1. The Balaban J connectivity index is 1.71. The summed E-state index contributed by atoms with van der Waals surface area (Å²) in [6, 6.07) is 3.35. The molecule has 1 N–H and O–H groups in total. The highest BCUT2D eigenvalue weighted by Crippen LogP contribution is 2.29. The lowest BCUT2D eigenvalue weighted by Crippen LogP contribution is -2.40. The van der Waals surface area contributed by atoms with Crippen molar-refractivity contribution >= 4 is 17.5 Å². The zero-order valence-electron chi connectivity index (χ0n) is 10.7. The first kappa shape index (κ1) is 12.1. The van der Waals surface area contributed by atoms with Crippen LogP contribution in [0, 0.1) is 0 Å². The second-order valence-electron chi connectivity index (χ2n) is 5.18. The summed E-state index contributed by atoms with van der Waals surface area (Å²) in [6.07, 6.45) is 7.73. The number of nitrogens with zero attached hydrogens (tertiary/aromatic N) is 2. The number of carbonyl (C=O) groups is 2. The second-order valence-corrected chi connectivity index (χ2v) is 5.18. The average Bonchev–Trinajstić information content (AvgIpc) is 3.01. The molecule has 1 aliphatic carbocycles. The van der Waals surface area contributed by atoms with Crippen LogP contribution in [0.3, 0.4) is 0 Å². The fourth-order valence-electron chi connectivity index (χ4n) is 2.96. The predicted octanol–water partition coefficient (Wildman–Crippen LogP) is 1.56. The molecule has 1 unspecified atom stereocenters. The molecule has 2 amide bonds. The van der Waals surface area contributed by atoms with Crippen LogP contribution >= 0.6 is 0 Å². The highest BCUT2D eigenvalue weighted by Gasteiger charge is 2.42. The number of likely N-dealkylation sites (tertiary alicyclic amines) is 1. The van der Waals surface area contributed by atoms with Crippen molar-refractivity contribution in [2.24, 2.45) is 0 Å². The number of carbonyl (C=O) groups excluding carboxylic acids is 2. The minimum Gasteiger partial charge on any atom is -0.372 e. The van der Waals surface area contributed by atoms with Crippen molar-refractivity contribution in [1.82, 2.24) is 9.88 Å². The molecule has 1 saturated heterocycles. The molecule has 100 valence electrons. The normalized spacial score (nSPS) is 24.2. The van der Waals surface area contributed by atoms with Crippen molar-refractivity contribution in [3.63, 3.8) is 0 Å². The zero-order chi connectivity index (χ0) is 13.2. The Morgan fingerprint density at radius 2 is 2.05 bits per heavy atom. The minimum atomic E-state index is -0.433. The van der Waals surface area contributed by atoms with Crippen LogP contribution in [-0.2, 0) is 9.59 Å². The smallest absolute Gasteiger partial charge is 0.252 e. The number of hydrogen-bond donors (Lipinski definition) is 1. The first-order valence-corrected chi connectivity index (χ1v) is 6.78. The summed E-state index contributed by atoms with van der Waals surface area (Å²) in [5.41, 5.74) is 0.780. The summed E-state index contributed by atoms with van der Waals surface area (Å²) in [5.74, 6) is -0.126. The summed E-state index contributed by atoms with van der Waals surface area (Å²) >= 11 is 0. The lowest BCUT2D eigenvalue weighted by atomic mass is 10.2. The second kappa shape index (κ2) is 4.99. The fraction of sp³-hybridized carbons (Fsp3) is 0.500. The van der Waals surface area contributed by atoms with Gasteiger partial charge in [-0.1, -0.05) is 12.8 Å². The molecule has 1 aromatic heterocycles. The van der Waals surface area contributed by atoms with Crippen molar-refractivity contribution in [1.29, 1.82) is 0 Å². The van der Waals surface area contributed by atoms with E-state index >= 15 is 0 Å². The van der Waals surface area contributed by atoms with Gasteiger partial charge in [-0.15, -0.1) is 0 Å². The zero-order valence-corrected chi connectivity index (χ0v) is 10.7.